The van der Waals surface area contributed by atoms with Gasteiger partial charge in [0.2, 0.25) is 0 Å². The topological polar surface area (TPSA) is 29.5 Å². The molecule has 0 aliphatic heterocycles. The average molecular weight is 270 g/mol. The minimum absolute atomic E-state index is 0.271. The van der Waals surface area contributed by atoms with E-state index in [4.69, 9.17) is 4.74 Å². The fourth-order valence-corrected chi connectivity index (χ4v) is 2.48. The summed E-state index contributed by atoms with van der Waals surface area (Å²) in [6, 6.07) is 12.1. The zero-order valence-electron chi connectivity index (χ0n) is 12.6. The zero-order chi connectivity index (χ0) is 14.7. The second-order valence-corrected chi connectivity index (χ2v) is 5.51. The molecule has 0 aliphatic rings. The van der Waals surface area contributed by atoms with Gasteiger partial charge < -0.3 is 9.84 Å². The molecule has 2 aromatic carbocycles. The molecule has 0 bridgehead atoms. The van der Waals surface area contributed by atoms with E-state index in [9.17, 15) is 5.11 Å². The fourth-order valence-electron chi connectivity index (χ4n) is 2.48. The Bertz CT molecular complexity index is 582. The lowest BCUT2D eigenvalue weighted by Crippen LogP contribution is -2.11. The summed E-state index contributed by atoms with van der Waals surface area (Å²) in [6.45, 7) is 8.42. The maximum atomic E-state index is 10.3. The highest BCUT2D eigenvalue weighted by molar-refractivity contribution is 5.34. The quantitative estimate of drug-likeness (QED) is 0.908. The molecule has 0 aliphatic carbocycles. The van der Waals surface area contributed by atoms with Crippen LogP contribution in [0.1, 0.15) is 33.9 Å². The minimum atomic E-state index is -0.601. The van der Waals surface area contributed by atoms with Crippen LogP contribution in [0.2, 0.25) is 0 Å². The largest absolute Gasteiger partial charge is 0.491 e. The number of ether oxygens (including phenoxy) is 1. The number of hydrogen-bond acceptors (Lipinski definition) is 2. The van der Waals surface area contributed by atoms with E-state index in [2.05, 4.69) is 19.1 Å². The van der Waals surface area contributed by atoms with E-state index in [0.717, 1.165) is 16.9 Å². The van der Waals surface area contributed by atoms with Crippen LogP contribution < -0.4 is 4.74 Å². The van der Waals surface area contributed by atoms with E-state index in [1.165, 1.54) is 16.7 Å². The summed E-state index contributed by atoms with van der Waals surface area (Å²) >= 11 is 0. The lowest BCUT2D eigenvalue weighted by Gasteiger charge is -2.16. The summed E-state index contributed by atoms with van der Waals surface area (Å²) in [7, 11) is 0. The summed E-state index contributed by atoms with van der Waals surface area (Å²) in [5.74, 6) is 0.811. The molecule has 0 saturated carbocycles. The molecule has 0 amide bonds. The van der Waals surface area contributed by atoms with Crippen molar-refractivity contribution in [3.05, 3.63) is 64.2 Å². The monoisotopic (exact) mass is 270 g/mol. The van der Waals surface area contributed by atoms with Gasteiger partial charge in [-0.3, -0.25) is 0 Å². The Kier molecular flexibility index (Phi) is 4.46. The summed E-state index contributed by atoms with van der Waals surface area (Å²) in [5, 5.41) is 10.3. The first-order valence-corrected chi connectivity index (χ1v) is 6.92. The summed E-state index contributed by atoms with van der Waals surface area (Å²) < 4.78 is 5.72. The molecular weight excluding hydrogens is 248 g/mol. The molecule has 0 fully saturated rings. The molecule has 2 rings (SSSR count). The Morgan fingerprint density at radius 3 is 2.15 bits per heavy atom. The van der Waals surface area contributed by atoms with E-state index in [-0.39, 0.29) is 6.61 Å². The van der Waals surface area contributed by atoms with Crippen LogP contribution in [0, 0.1) is 27.7 Å². The van der Waals surface area contributed by atoms with Crippen LogP contribution in [0.5, 0.6) is 5.75 Å². The molecule has 1 N–H and O–H groups in total. The van der Waals surface area contributed by atoms with Gasteiger partial charge in [-0.1, -0.05) is 29.8 Å². The fraction of sp³-hybridized carbons (Fsp3) is 0.333. The molecule has 0 radical (unpaired) electrons. The first-order chi connectivity index (χ1) is 9.45. The summed E-state index contributed by atoms with van der Waals surface area (Å²) in [4.78, 5) is 0. The third-order valence-corrected chi connectivity index (χ3v) is 3.39. The van der Waals surface area contributed by atoms with Crippen molar-refractivity contribution < 1.29 is 9.84 Å². The summed E-state index contributed by atoms with van der Waals surface area (Å²) in [5.41, 5.74) is 5.57. The molecule has 2 heteroatoms. The van der Waals surface area contributed by atoms with Gasteiger partial charge in [-0.05, 0) is 62.1 Å². The molecule has 2 aromatic rings. The Morgan fingerprint density at radius 2 is 1.55 bits per heavy atom. The second kappa shape index (κ2) is 6.10. The molecule has 0 saturated heterocycles. The predicted octanol–water partition coefficient (Wildman–Crippen LogP) is 4.03. The lowest BCUT2D eigenvalue weighted by atomic mass is 10.0. The van der Waals surface area contributed by atoms with Crippen molar-refractivity contribution in [3.63, 3.8) is 0 Å². The van der Waals surface area contributed by atoms with Crippen molar-refractivity contribution in [1.29, 1.82) is 0 Å². The van der Waals surface area contributed by atoms with Crippen molar-refractivity contribution in [2.75, 3.05) is 6.61 Å². The molecule has 0 heterocycles. The summed E-state index contributed by atoms with van der Waals surface area (Å²) in [6.07, 6.45) is -0.601. The van der Waals surface area contributed by atoms with Crippen molar-refractivity contribution in [2.45, 2.75) is 33.8 Å². The number of benzene rings is 2. The van der Waals surface area contributed by atoms with Gasteiger partial charge in [0.1, 0.15) is 18.5 Å². The standard InChI is InChI=1S/C18H22O2/c1-12-5-6-17(15(4)8-12)18(19)11-20-16-9-13(2)7-14(3)10-16/h5-10,18-19H,11H2,1-4H3. The van der Waals surface area contributed by atoms with Gasteiger partial charge in [0.15, 0.2) is 0 Å². The molecule has 0 spiro atoms. The Labute approximate surface area is 121 Å². The lowest BCUT2D eigenvalue weighted by molar-refractivity contribution is 0.107. The van der Waals surface area contributed by atoms with Crippen LogP contribution >= 0.6 is 0 Å². The van der Waals surface area contributed by atoms with Crippen LogP contribution in [0.4, 0.5) is 0 Å². The highest BCUT2D eigenvalue weighted by Gasteiger charge is 2.11. The first kappa shape index (κ1) is 14.6. The maximum Gasteiger partial charge on any atom is 0.119 e. The Balaban J connectivity index is 2.06. The van der Waals surface area contributed by atoms with E-state index in [0.29, 0.717) is 0 Å². The smallest absolute Gasteiger partial charge is 0.119 e. The molecule has 1 atom stereocenters. The second-order valence-electron chi connectivity index (χ2n) is 5.51. The number of aryl methyl sites for hydroxylation is 4. The van der Waals surface area contributed by atoms with Gasteiger partial charge in [-0.25, -0.2) is 0 Å². The molecule has 2 nitrogen and oxygen atoms in total. The molecule has 0 aromatic heterocycles. The normalized spacial score (nSPS) is 12.2. The highest BCUT2D eigenvalue weighted by atomic mass is 16.5. The third kappa shape index (κ3) is 3.61. The van der Waals surface area contributed by atoms with Crippen molar-refractivity contribution >= 4 is 0 Å². The molecule has 20 heavy (non-hydrogen) atoms. The number of rotatable bonds is 4. The predicted molar refractivity (Wildman–Crippen MR) is 82.3 cm³/mol. The van der Waals surface area contributed by atoms with Gasteiger partial charge >= 0.3 is 0 Å². The van der Waals surface area contributed by atoms with Crippen LogP contribution in [0.25, 0.3) is 0 Å². The van der Waals surface area contributed by atoms with Crippen LogP contribution in [-0.4, -0.2) is 11.7 Å². The zero-order valence-corrected chi connectivity index (χ0v) is 12.6. The van der Waals surface area contributed by atoms with Crippen LogP contribution in [0.3, 0.4) is 0 Å². The van der Waals surface area contributed by atoms with E-state index in [1.807, 2.05) is 45.0 Å². The maximum absolute atomic E-state index is 10.3. The number of aliphatic hydroxyl groups is 1. The molecule has 106 valence electrons. The SMILES string of the molecule is Cc1cc(C)cc(OCC(O)c2ccc(C)cc2C)c1. The minimum Gasteiger partial charge on any atom is -0.491 e. The number of aliphatic hydroxyl groups excluding tert-OH is 1. The first-order valence-electron chi connectivity index (χ1n) is 6.92. The van der Waals surface area contributed by atoms with Gasteiger partial charge in [0.05, 0.1) is 0 Å². The van der Waals surface area contributed by atoms with Crippen molar-refractivity contribution in [3.8, 4) is 5.75 Å². The van der Waals surface area contributed by atoms with E-state index < -0.39 is 6.10 Å². The molecule has 1 unspecified atom stereocenters. The van der Waals surface area contributed by atoms with Crippen molar-refractivity contribution in [2.24, 2.45) is 0 Å². The van der Waals surface area contributed by atoms with Gasteiger partial charge in [0.25, 0.3) is 0 Å². The van der Waals surface area contributed by atoms with Gasteiger partial charge in [-0.2, -0.15) is 0 Å². The number of hydrogen-bond donors (Lipinski definition) is 1. The van der Waals surface area contributed by atoms with E-state index >= 15 is 0 Å². The highest BCUT2D eigenvalue weighted by Crippen LogP contribution is 2.22. The Hall–Kier alpha value is -1.80. The average Bonchev–Trinajstić information content (AvgIpc) is 2.35. The van der Waals surface area contributed by atoms with Gasteiger partial charge in [0, 0.05) is 0 Å². The third-order valence-electron chi connectivity index (χ3n) is 3.39. The van der Waals surface area contributed by atoms with Crippen molar-refractivity contribution in [1.82, 2.24) is 0 Å². The van der Waals surface area contributed by atoms with Crippen LogP contribution in [-0.2, 0) is 0 Å². The Morgan fingerprint density at radius 1 is 0.900 bits per heavy atom. The van der Waals surface area contributed by atoms with Crippen LogP contribution in [0.15, 0.2) is 36.4 Å². The molecular formula is C18H22O2. The van der Waals surface area contributed by atoms with Gasteiger partial charge in [-0.15, -0.1) is 0 Å². The van der Waals surface area contributed by atoms with E-state index in [1.54, 1.807) is 0 Å².